The maximum Gasteiger partial charge on any atom is 0.309 e. The molecule has 0 unspecified atom stereocenters. The molecule has 0 saturated carbocycles. The molecule has 1 fully saturated rings. The molecule has 0 amide bonds. The van der Waals surface area contributed by atoms with Crippen molar-refractivity contribution in [3.05, 3.63) is 59.2 Å². The molecule has 5 heteroatoms. The van der Waals surface area contributed by atoms with Gasteiger partial charge < -0.3 is 19.3 Å². The first-order chi connectivity index (χ1) is 16.1. The quantitative estimate of drug-likeness (QED) is 0.491. The van der Waals surface area contributed by atoms with E-state index in [9.17, 15) is 9.90 Å². The topological polar surface area (TPSA) is 65.0 Å². The van der Waals surface area contributed by atoms with E-state index in [1.54, 1.807) is 0 Å². The Morgan fingerprint density at radius 2 is 1.85 bits per heavy atom. The summed E-state index contributed by atoms with van der Waals surface area (Å²) >= 11 is 0. The second-order valence-corrected chi connectivity index (χ2v) is 10.7. The third-order valence-electron chi connectivity index (χ3n) is 7.71. The van der Waals surface area contributed by atoms with Crippen LogP contribution in [0.3, 0.4) is 0 Å². The minimum Gasteiger partial charge on any atom is -0.491 e. The lowest BCUT2D eigenvalue weighted by molar-refractivity contribution is -0.192. The predicted molar refractivity (Wildman–Crippen MR) is 133 cm³/mol. The van der Waals surface area contributed by atoms with Crippen molar-refractivity contribution >= 4 is 5.97 Å². The zero-order chi connectivity index (χ0) is 24.6. The normalized spacial score (nSPS) is 26.2. The third kappa shape index (κ3) is 4.68. The van der Waals surface area contributed by atoms with Crippen LogP contribution in [-0.2, 0) is 9.53 Å². The fourth-order valence-electron chi connectivity index (χ4n) is 5.27. The summed E-state index contributed by atoms with van der Waals surface area (Å²) in [4.78, 5) is 12.2. The Morgan fingerprint density at radius 3 is 2.47 bits per heavy atom. The van der Waals surface area contributed by atoms with Gasteiger partial charge in [0.25, 0.3) is 0 Å². The van der Waals surface area contributed by atoms with E-state index in [-0.39, 0.29) is 18.6 Å². The molecule has 1 saturated heterocycles. The molecule has 2 aromatic carbocycles. The number of hydrogen-bond acceptors (Lipinski definition) is 4. The standard InChI is InChI=1S/C29H38O5/c1-7-18(4)21-9-8-10-22-26(21)34-29(5,6)24-15-23(28(30)31)25(33-27(22)24)16-32-20-13-11-19(12-14-20)17(2)3/h8-14,17-18,23-25,27H,7,15-16H2,1-6H3,(H,30,31)/t18-,23-,24+,25+,27-/m1/s1. The Hall–Kier alpha value is -2.53. The Bertz CT molecular complexity index is 1010. The number of carboxylic acid groups (broad SMARTS) is 1. The largest absolute Gasteiger partial charge is 0.491 e. The molecule has 5 nitrogen and oxygen atoms in total. The number of rotatable bonds is 7. The SMILES string of the molecule is CC[C@@H](C)c1cccc2c1OC(C)(C)[C@H]1C[C@@H](C(=O)O)[C@H](COc3ccc(C(C)C)cc3)O[C@H]21. The van der Waals surface area contributed by atoms with Gasteiger partial charge in [-0.1, -0.05) is 58.0 Å². The average Bonchev–Trinajstić information content (AvgIpc) is 2.81. The molecular formula is C29H38O5. The zero-order valence-electron chi connectivity index (χ0n) is 21.2. The van der Waals surface area contributed by atoms with Crippen molar-refractivity contribution in [3.63, 3.8) is 0 Å². The maximum atomic E-state index is 12.2. The lowest BCUT2D eigenvalue weighted by atomic mass is 9.71. The molecule has 0 bridgehead atoms. The van der Waals surface area contributed by atoms with Crippen molar-refractivity contribution in [1.29, 1.82) is 0 Å². The molecule has 1 N–H and O–H groups in total. The van der Waals surface area contributed by atoms with Crippen molar-refractivity contribution in [2.24, 2.45) is 11.8 Å². The van der Waals surface area contributed by atoms with Crippen LogP contribution < -0.4 is 9.47 Å². The van der Waals surface area contributed by atoms with E-state index in [0.717, 1.165) is 23.5 Å². The minimum absolute atomic E-state index is 0.0603. The summed E-state index contributed by atoms with van der Waals surface area (Å²) in [6, 6.07) is 14.3. The van der Waals surface area contributed by atoms with Crippen molar-refractivity contribution in [2.45, 2.75) is 84.0 Å². The molecule has 0 spiro atoms. The summed E-state index contributed by atoms with van der Waals surface area (Å²) in [5.41, 5.74) is 2.92. The second kappa shape index (κ2) is 9.61. The lowest BCUT2D eigenvalue weighted by Crippen LogP contribution is -2.53. The monoisotopic (exact) mass is 466 g/mol. The van der Waals surface area contributed by atoms with Gasteiger partial charge in [-0.05, 0) is 61.8 Å². The van der Waals surface area contributed by atoms with Crippen LogP contribution in [0.25, 0.3) is 0 Å². The summed E-state index contributed by atoms with van der Waals surface area (Å²) < 4.78 is 19.2. The van der Waals surface area contributed by atoms with E-state index in [0.29, 0.717) is 18.3 Å². The van der Waals surface area contributed by atoms with Crippen LogP contribution in [-0.4, -0.2) is 29.4 Å². The number of aliphatic carboxylic acids is 1. The highest BCUT2D eigenvalue weighted by molar-refractivity contribution is 5.71. The highest BCUT2D eigenvalue weighted by Crippen LogP contribution is 2.53. The summed E-state index contributed by atoms with van der Waals surface area (Å²) in [6.45, 7) is 13.0. The highest BCUT2D eigenvalue weighted by atomic mass is 16.6. The molecule has 34 heavy (non-hydrogen) atoms. The lowest BCUT2D eigenvalue weighted by Gasteiger charge is -2.50. The van der Waals surface area contributed by atoms with Gasteiger partial charge in [0.05, 0.1) is 12.0 Å². The smallest absolute Gasteiger partial charge is 0.309 e. The summed E-state index contributed by atoms with van der Waals surface area (Å²) in [6.07, 6.45) is 0.732. The van der Waals surface area contributed by atoms with Gasteiger partial charge in [-0.2, -0.15) is 0 Å². The Balaban J connectivity index is 1.61. The van der Waals surface area contributed by atoms with E-state index in [4.69, 9.17) is 14.2 Å². The number of ether oxygens (including phenoxy) is 3. The Morgan fingerprint density at radius 1 is 1.15 bits per heavy atom. The van der Waals surface area contributed by atoms with E-state index < -0.39 is 23.6 Å². The molecule has 184 valence electrons. The molecule has 4 rings (SSSR count). The molecule has 0 radical (unpaired) electrons. The van der Waals surface area contributed by atoms with Gasteiger partial charge in [0, 0.05) is 11.5 Å². The highest BCUT2D eigenvalue weighted by Gasteiger charge is 2.52. The van der Waals surface area contributed by atoms with Crippen LogP contribution in [0.5, 0.6) is 11.5 Å². The molecule has 5 atom stereocenters. The number of hydrogen-bond donors (Lipinski definition) is 1. The van der Waals surface area contributed by atoms with Crippen molar-refractivity contribution in [3.8, 4) is 11.5 Å². The Labute approximate surface area is 203 Å². The van der Waals surface area contributed by atoms with Gasteiger partial charge in [-0.15, -0.1) is 0 Å². The second-order valence-electron chi connectivity index (χ2n) is 10.7. The van der Waals surface area contributed by atoms with Gasteiger partial charge in [0.15, 0.2) is 0 Å². The molecule has 0 aromatic heterocycles. The fourth-order valence-corrected chi connectivity index (χ4v) is 5.27. The summed E-state index contributed by atoms with van der Waals surface area (Å²) in [5, 5.41) is 10.0. The molecule has 2 aliphatic heterocycles. The van der Waals surface area contributed by atoms with Crippen LogP contribution in [0.2, 0.25) is 0 Å². The first-order valence-electron chi connectivity index (χ1n) is 12.5. The molecule has 0 aliphatic carbocycles. The molecule has 2 heterocycles. The minimum atomic E-state index is -0.850. The average molecular weight is 467 g/mol. The van der Waals surface area contributed by atoms with Gasteiger partial charge in [0.1, 0.15) is 29.8 Å². The summed E-state index contributed by atoms with van der Waals surface area (Å²) in [5.74, 6) is 0.879. The number of carbonyl (C=O) groups is 1. The van der Waals surface area contributed by atoms with Crippen molar-refractivity contribution < 1.29 is 24.1 Å². The Kier molecular flexibility index (Phi) is 6.95. The van der Waals surface area contributed by atoms with Crippen LogP contribution >= 0.6 is 0 Å². The molecule has 2 aliphatic rings. The zero-order valence-corrected chi connectivity index (χ0v) is 21.2. The van der Waals surface area contributed by atoms with Crippen LogP contribution in [0.15, 0.2) is 42.5 Å². The first kappa shape index (κ1) is 24.6. The van der Waals surface area contributed by atoms with Gasteiger partial charge in [-0.25, -0.2) is 0 Å². The van der Waals surface area contributed by atoms with Gasteiger partial charge in [-0.3, -0.25) is 4.79 Å². The molecular weight excluding hydrogens is 428 g/mol. The van der Waals surface area contributed by atoms with Crippen LogP contribution in [0.4, 0.5) is 0 Å². The fraction of sp³-hybridized carbons (Fsp3) is 0.552. The number of fused-ring (bicyclic) bond motifs is 3. The van der Waals surface area contributed by atoms with E-state index in [1.807, 2.05) is 12.1 Å². The van der Waals surface area contributed by atoms with Crippen molar-refractivity contribution in [2.75, 3.05) is 6.61 Å². The summed E-state index contributed by atoms with van der Waals surface area (Å²) in [7, 11) is 0. The number of carboxylic acids is 1. The number of para-hydroxylation sites is 1. The van der Waals surface area contributed by atoms with E-state index in [2.05, 4.69) is 71.9 Å². The third-order valence-corrected chi connectivity index (χ3v) is 7.71. The van der Waals surface area contributed by atoms with Crippen LogP contribution in [0.1, 0.15) is 89.0 Å². The maximum absolute atomic E-state index is 12.2. The first-order valence-corrected chi connectivity index (χ1v) is 12.5. The number of benzene rings is 2. The van der Waals surface area contributed by atoms with Gasteiger partial charge in [0.2, 0.25) is 0 Å². The van der Waals surface area contributed by atoms with Crippen LogP contribution in [0, 0.1) is 11.8 Å². The molecule has 2 aromatic rings. The van der Waals surface area contributed by atoms with E-state index in [1.165, 1.54) is 11.1 Å². The van der Waals surface area contributed by atoms with Crippen molar-refractivity contribution in [1.82, 2.24) is 0 Å². The predicted octanol–water partition coefficient (Wildman–Crippen LogP) is 6.72. The van der Waals surface area contributed by atoms with Gasteiger partial charge >= 0.3 is 5.97 Å². The van der Waals surface area contributed by atoms with E-state index >= 15 is 0 Å².